The number of aromatic nitrogens is 2. The van der Waals surface area contributed by atoms with Gasteiger partial charge in [0, 0.05) is 17.2 Å². The van der Waals surface area contributed by atoms with Gasteiger partial charge in [-0.2, -0.15) is 0 Å². The maximum Gasteiger partial charge on any atom is 0.125 e. The van der Waals surface area contributed by atoms with Crippen LogP contribution in [0.15, 0.2) is 72.8 Å². The summed E-state index contributed by atoms with van der Waals surface area (Å²) in [5.74, 6) is 0.174. The van der Waals surface area contributed by atoms with Crippen LogP contribution >= 0.6 is 0 Å². The lowest BCUT2D eigenvalue weighted by Crippen LogP contribution is -1.96. The second-order valence-electron chi connectivity index (χ2n) is 6.71. The van der Waals surface area contributed by atoms with E-state index in [0.29, 0.717) is 5.69 Å². The molecule has 132 valence electrons. The molecule has 0 saturated carbocycles. The lowest BCUT2D eigenvalue weighted by Gasteiger charge is -2.09. The summed E-state index contributed by atoms with van der Waals surface area (Å²) in [6.07, 6.45) is 1.69. The topological polar surface area (TPSA) is 46.0 Å². The predicted octanol–water partition coefficient (Wildman–Crippen LogP) is 5.97. The number of aryl methyl sites for hydroxylation is 2. The van der Waals surface area contributed by atoms with Crippen molar-refractivity contribution < 1.29 is 5.11 Å². The number of fused-ring (bicyclic) bond motifs is 1. The summed E-state index contributed by atoms with van der Waals surface area (Å²) in [4.78, 5) is 9.58. The van der Waals surface area contributed by atoms with Crippen LogP contribution in [0.25, 0.3) is 34.1 Å². The molecule has 0 aliphatic heterocycles. The smallest absolute Gasteiger partial charge is 0.125 e. The number of nitrogens with zero attached hydrogens (tertiary/aromatic N) is 2. The van der Waals surface area contributed by atoms with Crippen molar-refractivity contribution in [3.63, 3.8) is 0 Å². The van der Waals surface area contributed by atoms with Crippen LogP contribution in [0.2, 0.25) is 0 Å². The molecule has 0 bridgehead atoms. The third-order valence-corrected chi connectivity index (χ3v) is 4.54. The minimum Gasteiger partial charge on any atom is -0.507 e. The van der Waals surface area contributed by atoms with Gasteiger partial charge in [-0.05, 0) is 26.0 Å². The van der Waals surface area contributed by atoms with Crippen LogP contribution in [0.5, 0.6) is 0 Å². The Labute approximate surface area is 158 Å². The molecule has 1 aromatic heterocycles. The molecule has 0 fully saturated rings. The minimum absolute atomic E-state index is 0.174. The zero-order valence-corrected chi connectivity index (χ0v) is 15.3. The van der Waals surface area contributed by atoms with Gasteiger partial charge >= 0.3 is 0 Å². The van der Waals surface area contributed by atoms with Gasteiger partial charge in [0.25, 0.3) is 0 Å². The van der Waals surface area contributed by atoms with Gasteiger partial charge in [0.2, 0.25) is 0 Å². The van der Waals surface area contributed by atoms with E-state index in [0.717, 1.165) is 33.4 Å². The molecule has 0 saturated heterocycles. The van der Waals surface area contributed by atoms with Crippen LogP contribution in [0.4, 0.5) is 0 Å². The van der Waals surface area contributed by atoms with Gasteiger partial charge in [0.15, 0.2) is 0 Å². The third-order valence-electron chi connectivity index (χ3n) is 4.54. The summed E-state index contributed by atoms with van der Waals surface area (Å²) in [6.45, 7) is 4.08. The molecule has 27 heavy (non-hydrogen) atoms. The highest BCUT2D eigenvalue weighted by Gasteiger charge is 2.11. The summed E-state index contributed by atoms with van der Waals surface area (Å²) < 4.78 is 0. The third kappa shape index (κ3) is 3.58. The zero-order chi connectivity index (χ0) is 18.8. The van der Waals surface area contributed by atoms with Crippen molar-refractivity contribution >= 4 is 22.9 Å². The van der Waals surface area contributed by atoms with Crippen LogP contribution in [0, 0.1) is 13.8 Å². The zero-order valence-electron chi connectivity index (χ0n) is 15.3. The molecular weight excluding hydrogens is 332 g/mol. The van der Waals surface area contributed by atoms with Crippen molar-refractivity contribution in [3.05, 3.63) is 95.2 Å². The van der Waals surface area contributed by atoms with Crippen LogP contribution in [-0.2, 0) is 0 Å². The van der Waals surface area contributed by atoms with E-state index in [1.807, 2.05) is 67.6 Å². The molecule has 0 radical (unpaired) electrons. The molecule has 4 aromatic rings. The van der Waals surface area contributed by atoms with E-state index in [9.17, 15) is 5.11 Å². The Morgan fingerprint density at radius 2 is 1.30 bits per heavy atom. The van der Waals surface area contributed by atoms with Gasteiger partial charge in [-0.1, -0.05) is 71.8 Å². The van der Waals surface area contributed by atoms with E-state index in [-0.39, 0.29) is 5.76 Å². The maximum atomic E-state index is 10.6. The van der Waals surface area contributed by atoms with Crippen molar-refractivity contribution in [1.82, 2.24) is 9.97 Å². The van der Waals surface area contributed by atoms with Gasteiger partial charge in [-0.25, -0.2) is 9.97 Å². The second-order valence-corrected chi connectivity index (χ2v) is 6.71. The average Bonchev–Trinajstić information content (AvgIpc) is 2.68. The summed E-state index contributed by atoms with van der Waals surface area (Å²) in [5, 5.41) is 10.6. The maximum absolute atomic E-state index is 10.6. The van der Waals surface area contributed by atoms with Gasteiger partial charge in [0.05, 0.1) is 22.4 Å². The quantitative estimate of drug-likeness (QED) is 0.462. The molecule has 0 aliphatic carbocycles. The molecule has 3 aromatic carbocycles. The van der Waals surface area contributed by atoms with Gasteiger partial charge < -0.3 is 5.11 Å². The normalized spacial score (nSPS) is 11.7. The highest BCUT2D eigenvalue weighted by atomic mass is 16.3. The first kappa shape index (κ1) is 17.0. The van der Waals surface area contributed by atoms with Crippen LogP contribution in [0.1, 0.15) is 22.4 Å². The standard InChI is InChI=1S/C24H20N2O/c1-16-7-11-18(12-8-16)23(27)15-22-24(19-13-9-17(2)10-14-19)26-21-6-4-3-5-20(21)25-22/h3-15,27H,1-2H3. The first-order valence-corrected chi connectivity index (χ1v) is 8.92. The molecule has 0 unspecified atom stereocenters. The number of hydrogen-bond donors (Lipinski definition) is 1. The fraction of sp³-hybridized carbons (Fsp3) is 0.0833. The first-order chi connectivity index (χ1) is 13.1. The molecular formula is C24H20N2O. The molecule has 0 amide bonds. The van der Waals surface area contributed by atoms with Gasteiger partial charge in [0.1, 0.15) is 5.76 Å². The molecule has 1 N–H and O–H groups in total. The van der Waals surface area contributed by atoms with E-state index in [4.69, 9.17) is 9.97 Å². The molecule has 0 atom stereocenters. The average molecular weight is 352 g/mol. The Balaban J connectivity index is 1.89. The highest BCUT2D eigenvalue weighted by molar-refractivity contribution is 5.86. The predicted molar refractivity (Wildman–Crippen MR) is 111 cm³/mol. The number of rotatable bonds is 3. The van der Waals surface area contributed by atoms with Crippen molar-refractivity contribution in [2.24, 2.45) is 0 Å². The van der Waals surface area contributed by atoms with E-state index in [1.165, 1.54) is 5.56 Å². The van der Waals surface area contributed by atoms with E-state index in [1.54, 1.807) is 6.08 Å². The van der Waals surface area contributed by atoms with Gasteiger partial charge in [-0.15, -0.1) is 0 Å². The molecule has 3 nitrogen and oxygen atoms in total. The molecule has 1 heterocycles. The number of benzene rings is 3. The number of aliphatic hydroxyl groups excluding tert-OH is 1. The fourth-order valence-corrected chi connectivity index (χ4v) is 2.98. The van der Waals surface area contributed by atoms with E-state index in [2.05, 4.69) is 19.1 Å². The summed E-state index contributed by atoms with van der Waals surface area (Å²) >= 11 is 0. The van der Waals surface area contributed by atoms with Crippen molar-refractivity contribution in [1.29, 1.82) is 0 Å². The largest absolute Gasteiger partial charge is 0.507 e. The number of hydrogen-bond acceptors (Lipinski definition) is 3. The van der Waals surface area contributed by atoms with Crippen molar-refractivity contribution in [2.75, 3.05) is 0 Å². The Bertz CT molecular complexity index is 1130. The Morgan fingerprint density at radius 3 is 1.93 bits per heavy atom. The number of aliphatic hydroxyl groups is 1. The Kier molecular flexibility index (Phi) is 4.43. The fourth-order valence-electron chi connectivity index (χ4n) is 2.98. The summed E-state index contributed by atoms with van der Waals surface area (Å²) in [6, 6.07) is 23.7. The Hall–Kier alpha value is -3.46. The summed E-state index contributed by atoms with van der Waals surface area (Å²) in [5.41, 5.74) is 7.11. The monoisotopic (exact) mass is 352 g/mol. The van der Waals surface area contributed by atoms with E-state index >= 15 is 0 Å². The SMILES string of the molecule is Cc1ccc(C(O)=Cc2nc3ccccc3nc2-c2ccc(C)cc2)cc1. The van der Waals surface area contributed by atoms with Crippen molar-refractivity contribution in [2.45, 2.75) is 13.8 Å². The second kappa shape index (κ2) is 7.04. The van der Waals surface area contributed by atoms with E-state index < -0.39 is 0 Å². The number of para-hydroxylation sites is 2. The lowest BCUT2D eigenvalue weighted by atomic mass is 10.0. The van der Waals surface area contributed by atoms with Gasteiger partial charge in [-0.3, -0.25) is 0 Å². The minimum atomic E-state index is 0.174. The lowest BCUT2D eigenvalue weighted by molar-refractivity contribution is 0.515. The van der Waals surface area contributed by atoms with Crippen LogP contribution in [0.3, 0.4) is 0 Å². The molecule has 0 aliphatic rings. The molecule has 3 heteroatoms. The highest BCUT2D eigenvalue weighted by Crippen LogP contribution is 2.27. The van der Waals surface area contributed by atoms with Crippen LogP contribution in [-0.4, -0.2) is 15.1 Å². The molecule has 4 rings (SSSR count). The summed E-state index contributed by atoms with van der Waals surface area (Å²) in [7, 11) is 0. The first-order valence-electron chi connectivity index (χ1n) is 8.92. The Morgan fingerprint density at radius 1 is 0.741 bits per heavy atom. The molecule has 0 spiro atoms. The van der Waals surface area contributed by atoms with Crippen molar-refractivity contribution in [3.8, 4) is 11.3 Å². The van der Waals surface area contributed by atoms with Crippen LogP contribution < -0.4 is 0 Å².